The molecule has 0 spiro atoms. The quantitative estimate of drug-likeness (QED) is 0.655. The lowest BCUT2D eigenvalue weighted by molar-refractivity contribution is 0.159. The van der Waals surface area contributed by atoms with Gasteiger partial charge in [0.15, 0.2) is 0 Å². The first-order chi connectivity index (χ1) is 8.62. The lowest BCUT2D eigenvalue weighted by Gasteiger charge is -2.27. The van der Waals surface area contributed by atoms with Gasteiger partial charge in [-0.15, -0.1) is 0 Å². The van der Waals surface area contributed by atoms with Gasteiger partial charge in [0.1, 0.15) is 0 Å². The number of amides is 2. The maximum atomic E-state index is 11.6. The summed E-state index contributed by atoms with van der Waals surface area (Å²) in [6, 6.07) is -0.148. The number of hydrogen-bond acceptors (Lipinski definition) is 2. The molecule has 1 aliphatic rings. The van der Waals surface area contributed by atoms with E-state index in [9.17, 15) is 9.90 Å². The normalized spacial score (nSPS) is 19.5. The van der Waals surface area contributed by atoms with Crippen LogP contribution in [0.4, 0.5) is 4.79 Å². The first-order valence-electron chi connectivity index (χ1n) is 7.31. The van der Waals surface area contributed by atoms with Crippen molar-refractivity contribution in [1.82, 2.24) is 10.6 Å². The van der Waals surface area contributed by atoms with Gasteiger partial charge in [-0.25, -0.2) is 4.79 Å². The molecule has 0 saturated heterocycles. The van der Waals surface area contributed by atoms with E-state index < -0.39 is 6.10 Å². The second-order valence-corrected chi connectivity index (χ2v) is 5.57. The van der Waals surface area contributed by atoms with Gasteiger partial charge in [-0.05, 0) is 31.1 Å². The average molecular weight is 256 g/mol. The zero-order chi connectivity index (χ0) is 13.4. The Bertz CT molecular complexity index is 250. The summed E-state index contributed by atoms with van der Waals surface area (Å²) in [5, 5.41) is 15.2. The summed E-state index contributed by atoms with van der Waals surface area (Å²) in [6.07, 6.45) is 7.39. The van der Waals surface area contributed by atoms with Crippen LogP contribution in [0.15, 0.2) is 0 Å². The van der Waals surface area contributed by atoms with E-state index in [2.05, 4.69) is 17.6 Å². The van der Waals surface area contributed by atoms with Gasteiger partial charge in [-0.1, -0.05) is 33.1 Å². The first-order valence-corrected chi connectivity index (χ1v) is 7.31. The summed E-state index contributed by atoms with van der Waals surface area (Å²) >= 11 is 0. The third-order valence-corrected chi connectivity index (χ3v) is 4.16. The molecule has 0 aromatic carbocycles. The zero-order valence-corrected chi connectivity index (χ0v) is 11.8. The number of hydrogen-bond donors (Lipinski definition) is 3. The topological polar surface area (TPSA) is 61.4 Å². The molecule has 1 saturated carbocycles. The maximum absolute atomic E-state index is 11.6. The maximum Gasteiger partial charge on any atom is 0.314 e. The highest BCUT2D eigenvalue weighted by Gasteiger charge is 2.32. The number of nitrogens with one attached hydrogen (secondary N) is 2. The molecule has 1 aliphatic carbocycles. The van der Waals surface area contributed by atoms with Crippen molar-refractivity contribution in [3.63, 3.8) is 0 Å². The predicted octanol–water partition coefficient (Wildman–Crippen LogP) is 2.42. The zero-order valence-electron chi connectivity index (χ0n) is 11.8. The van der Waals surface area contributed by atoms with Crippen LogP contribution in [0.1, 0.15) is 58.8 Å². The van der Waals surface area contributed by atoms with Crippen molar-refractivity contribution in [2.45, 2.75) is 64.9 Å². The Kier molecular flexibility index (Phi) is 6.47. The minimum Gasteiger partial charge on any atom is -0.391 e. The van der Waals surface area contributed by atoms with Gasteiger partial charge < -0.3 is 15.7 Å². The van der Waals surface area contributed by atoms with Crippen LogP contribution < -0.4 is 10.6 Å². The van der Waals surface area contributed by atoms with Crippen molar-refractivity contribution in [2.24, 2.45) is 5.41 Å². The summed E-state index contributed by atoms with van der Waals surface area (Å²) < 4.78 is 0. The number of aliphatic hydroxyl groups is 1. The summed E-state index contributed by atoms with van der Waals surface area (Å²) in [6.45, 7) is 5.34. The van der Waals surface area contributed by atoms with Crippen LogP contribution in [0.3, 0.4) is 0 Å². The minimum atomic E-state index is -0.424. The Hall–Kier alpha value is -0.770. The molecule has 0 aromatic heterocycles. The molecule has 2 amide bonds. The molecule has 3 N–H and O–H groups in total. The molecule has 0 radical (unpaired) electrons. The smallest absolute Gasteiger partial charge is 0.314 e. The SMILES string of the molecule is CCCC(O)CNC(=O)NCC1(CC)CCCC1. The van der Waals surface area contributed by atoms with Crippen molar-refractivity contribution in [2.75, 3.05) is 13.1 Å². The third kappa shape index (κ3) is 4.84. The van der Waals surface area contributed by atoms with Gasteiger partial charge >= 0.3 is 6.03 Å². The Balaban J connectivity index is 2.20. The summed E-state index contributed by atoms with van der Waals surface area (Å²) in [5.74, 6) is 0. The summed E-state index contributed by atoms with van der Waals surface area (Å²) in [5.41, 5.74) is 0.319. The van der Waals surface area contributed by atoms with E-state index in [0.29, 0.717) is 12.0 Å². The fourth-order valence-corrected chi connectivity index (χ4v) is 2.76. The molecule has 4 nitrogen and oxygen atoms in total. The van der Waals surface area contributed by atoms with Gasteiger partial charge in [0.2, 0.25) is 0 Å². The van der Waals surface area contributed by atoms with E-state index in [0.717, 1.165) is 25.8 Å². The monoisotopic (exact) mass is 256 g/mol. The van der Waals surface area contributed by atoms with Crippen LogP contribution in [-0.4, -0.2) is 30.3 Å². The van der Waals surface area contributed by atoms with E-state index in [4.69, 9.17) is 0 Å². The van der Waals surface area contributed by atoms with Gasteiger partial charge in [-0.2, -0.15) is 0 Å². The molecule has 0 aliphatic heterocycles. The van der Waals surface area contributed by atoms with Crippen molar-refractivity contribution < 1.29 is 9.90 Å². The van der Waals surface area contributed by atoms with Crippen molar-refractivity contribution in [3.8, 4) is 0 Å². The van der Waals surface area contributed by atoms with E-state index in [-0.39, 0.29) is 6.03 Å². The minimum absolute atomic E-state index is 0.148. The molecule has 4 heteroatoms. The van der Waals surface area contributed by atoms with Gasteiger partial charge in [-0.3, -0.25) is 0 Å². The number of carbonyl (C=O) groups excluding carboxylic acids is 1. The van der Waals surface area contributed by atoms with Crippen molar-refractivity contribution in [1.29, 1.82) is 0 Å². The molecule has 18 heavy (non-hydrogen) atoms. The fraction of sp³-hybridized carbons (Fsp3) is 0.929. The molecule has 1 unspecified atom stereocenters. The second-order valence-electron chi connectivity index (χ2n) is 5.57. The summed E-state index contributed by atoms with van der Waals surface area (Å²) in [7, 11) is 0. The highest BCUT2D eigenvalue weighted by Crippen LogP contribution is 2.40. The highest BCUT2D eigenvalue weighted by atomic mass is 16.3. The van der Waals surface area contributed by atoms with Crippen LogP contribution >= 0.6 is 0 Å². The molecular weight excluding hydrogens is 228 g/mol. The predicted molar refractivity (Wildman–Crippen MR) is 73.5 cm³/mol. The first kappa shape index (κ1) is 15.3. The third-order valence-electron chi connectivity index (χ3n) is 4.16. The van der Waals surface area contributed by atoms with Gasteiger partial charge in [0, 0.05) is 13.1 Å². The molecule has 0 bridgehead atoms. The highest BCUT2D eigenvalue weighted by molar-refractivity contribution is 5.73. The molecule has 0 heterocycles. The Morgan fingerprint density at radius 3 is 2.50 bits per heavy atom. The molecule has 1 fully saturated rings. The number of rotatable bonds is 7. The van der Waals surface area contributed by atoms with Crippen LogP contribution in [0, 0.1) is 5.41 Å². The standard InChI is InChI=1S/C14H28N2O2/c1-3-7-12(17)10-15-13(18)16-11-14(4-2)8-5-6-9-14/h12,17H,3-11H2,1-2H3,(H2,15,16,18). The van der Waals surface area contributed by atoms with E-state index in [1.54, 1.807) is 0 Å². The molecule has 1 rings (SSSR count). The fourth-order valence-electron chi connectivity index (χ4n) is 2.76. The van der Waals surface area contributed by atoms with Crippen LogP contribution in [0.25, 0.3) is 0 Å². The van der Waals surface area contributed by atoms with Crippen LogP contribution in [0.2, 0.25) is 0 Å². The number of urea groups is 1. The molecular formula is C14H28N2O2. The molecule has 1 atom stereocenters. The van der Waals surface area contributed by atoms with Crippen molar-refractivity contribution in [3.05, 3.63) is 0 Å². The van der Waals surface area contributed by atoms with Crippen LogP contribution in [-0.2, 0) is 0 Å². The Morgan fingerprint density at radius 1 is 1.28 bits per heavy atom. The number of aliphatic hydroxyl groups excluding tert-OH is 1. The van der Waals surface area contributed by atoms with E-state index in [1.807, 2.05) is 6.92 Å². The van der Waals surface area contributed by atoms with E-state index in [1.165, 1.54) is 25.7 Å². The lowest BCUT2D eigenvalue weighted by Crippen LogP contribution is -2.43. The Labute approximate surface area is 111 Å². The van der Waals surface area contributed by atoms with Crippen molar-refractivity contribution >= 4 is 6.03 Å². The summed E-state index contributed by atoms with van der Waals surface area (Å²) in [4.78, 5) is 11.6. The van der Waals surface area contributed by atoms with E-state index >= 15 is 0 Å². The van der Waals surface area contributed by atoms with Crippen LogP contribution in [0.5, 0.6) is 0 Å². The van der Waals surface area contributed by atoms with Gasteiger partial charge in [0.25, 0.3) is 0 Å². The molecule has 0 aromatic rings. The average Bonchev–Trinajstić information content (AvgIpc) is 2.84. The number of carbonyl (C=O) groups is 1. The molecule has 106 valence electrons. The second kappa shape index (κ2) is 7.62. The largest absolute Gasteiger partial charge is 0.391 e. The lowest BCUT2D eigenvalue weighted by atomic mass is 9.83. The Morgan fingerprint density at radius 2 is 1.94 bits per heavy atom. The van der Waals surface area contributed by atoms with Gasteiger partial charge in [0.05, 0.1) is 6.10 Å².